The Hall–Kier alpha value is -1.97. The van der Waals surface area contributed by atoms with Crippen LogP contribution in [-0.2, 0) is 6.42 Å². The van der Waals surface area contributed by atoms with Gasteiger partial charge in [-0.1, -0.05) is 18.2 Å². The Morgan fingerprint density at radius 3 is 2.40 bits per heavy atom. The van der Waals surface area contributed by atoms with Crippen LogP contribution in [0.1, 0.15) is 24.1 Å². The van der Waals surface area contributed by atoms with E-state index in [1.165, 1.54) is 5.56 Å². The topological polar surface area (TPSA) is 3.24 Å². The molecule has 2 aromatic carbocycles. The summed E-state index contributed by atoms with van der Waals surface area (Å²) in [7, 11) is 0. The maximum absolute atomic E-state index is 13.3. The number of benzene rings is 2. The van der Waals surface area contributed by atoms with E-state index in [9.17, 15) is 13.2 Å². The van der Waals surface area contributed by atoms with Gasteiger partial charge in [0.15, 0.2) is 17.5 Å². The Bertz CT molecular complexity index is 631. The lowest BCUT2D eigenvalue weighted by atomic mass is 10.1. The molecule has 0 saturated carbocycles. The molecule has 1 unspecified atom stereocenters. The molecule has 2 aromatic rings. The van der Waals surface area contributed by atoms with E-state index in [0.717, 1.165) is 30.8 Å². The molecule has 1 aliphatic rings. The molecule has 0 fully saturated rings. The van der Waals surface area contributed by atoms with E-state index in [4.69, 9.17) is 0 Å². The second-order valence-corrected chi connectivity index (χ2v) is 5.05. The van der Waals surface area contributed by atoms with Gasteiger partial charge in [-0.3, -0.25) is 0 Å². The van der Waals surface area contributed by atoms with Crippen LogP contribution in [0, 0.1) is 17.5 Å². The fourth-order valence-corrected chi connectivity index (χ4v) is 2.76. The molecule has 0 spiro atoms. The highest BCUT2D eigenvalue weighted by Crippen LogP contribution is 2.35. The van der Waals surface area contributed by atoms with Crippen LogP contribution in [0.25, 0.3) is 0 Å². The predicted octanol–water partition coefficient (Wildman–Crippen LogP) is 4.23. The summed E-state index contributed by atoms with van der Waals surface area (Å²) >= 11 is 0. The van der Waals surface area contributed by atoms with Crippen LogP contribution in [0.4, 0.5) is 18.9 Å². The molecule has 0 aliphatic carbocycles. The standard InChI is InChI=1S/C16H14F3N/c1-10(12-8-13(17)16(19)14(18)9-12)20-7-6-11-4-2-3-5-15(11)20/h2-5,8-10H,6-7H2,1H3. The van der Waals surface area contributed by atoms with Crippen molar-refractivity contribution in [3.63, 3.8) is 0 Å². The van der Waals surface area contributed by atoms with Gasteiger partial charge < -0.3 is 4.90 Å². The van der Waals surface area contributed by atoms with Crippen molar-refractivity contribution in [1.82, 2.24) is 0 Å². The minimum Gasteiger partial charge on any atom is -0.364 e. The number of rotatable bonds is 2. The third-order valence-electron chi connectivity index (χ3n) is 3.88. The lowest BCUT2D eigenvalue weighted by Crippen LogP contribution is -2.24. The molecule has 1 atom stereocenters. The molecule has 0 saturated heterocycles. The molecule has 104 valence electrons. The third-order valence-corrected chi connectivity index (χ3v) is 3.88. The molecule has 1 nitrogen and oxygen atoms in total. The predicted molar refractivity (Wildman–Crippen MR) is 72.2 cm³/mol. The zero-order valence-corrected chi connectivity index (χ0v) is 11.0. The first-order chi connectivity index (χ1) is 9.58. The van der Waals surface area contributed by atoms with Crippen LogP contribution < -0.4 is 4.90 Å². The van der Waals surface area contributed by atoms with Gasteiger partial charge in [0.05, 0.1) is 6.04 Å². The molecule has 0 amide bonds. The lowest BCUT2D eigenvalue weighted by molar-refractivity contribution is 0.443. The Kier molecular flexibility index (Phi) is 3.16. The van der Waals surface area contributed by atoms with Crippen LogP contribution in [0.3, 0.4) is 0 Å². The molecule has 0 bridgehead atoms. The number of hydrogen-bond acceptors (Lipinski definition) is 1. The SMILES string of the molecule is CC(c1cc(F)c(F)c(F)c1)N1CCc2ccccc21. The van der Waals surface area contributed by atoms with E-state index >= 15 is 0 Å². The molecule has 0 aromatic heterocycles. The van der Waals surface area contributed by atoms with Crippen LogP contribution >= 0.6 is 0 Å². The molecule has 1 aliphatic heterocycles. The van der Waals surface area contributed by atoms with E-state index < -0.39 is 17.5 Å². The monoisotopic (exact) mass is 277 g/mol. The van der Waals surface area contributed by atoms with E-state index in [2.05, 4.69) is 4.90 Å². The van der Waals surface area contributed by atoms with Crippen molar-refractivity contribution in [3.05, 3.63) is 65.0 Å². The van der Waals surface area contributed by atoms with Crippen molar-refractivity contribution >= 4 is 5.69 Å². The van der Waals surface area contributed by atoms with Crippen molar-refractivity contribution in [2.24, 2.45) is 0 Å². The summed E-state index contributed by atoms with van der Waals surface area (Å²) in [5, 5.41) is 0. The van der Waals surface area contributed by atoms with Crippen LogP contribution in [-0.4, -0.2) is 6.54 Å². The molecule has 20 heavy (non-hydrogen) atoms. The summed E-state index contributed by atoms with van der Waals surface area (Å²) in [6.07, 6.45) is 0.909. The van der Waals surface area contributed by atoms with Crippen LogP contribution in [0.2, 0.25) is 0 Å². The van der Waals surface area contributed by atoms with Gasteiger partial charge in [0, 0.05) is 12.2 Å². The number of anilines is 1. The van der Waals surface area contributed by atoms with Crippen molar-refractivity contribution in [2.75, 3.05) is 11.4 Å². The van der Waals surface area contributed by atoms with Gasteiger partial charge in [0.1, 0.15) is 0 Å². The van der Waals surface area contributed by atoms with Gasteiger partial charge in [0.25, 0.3) is 0 Å². The Morgan fingerprint density at radius 2 is 1.70 bits per heavy atom. The summed E-state index contributed by atoms with van der Waals surface area (Å²) in [4.78, 5) is 2.08. The van der Waals surface area contributed by atoms with Crippen molar-refractivity contribution in [1.29, 1.82) is 0 Å². The fraction of sp³-hybridized carbons (Fsp3) is 0.250. The van der Waals surface area contributed by atoms with Gasteiger partial charge in [0.2, 0.25) is 0 Å². The average molecular weight is 277 g/mol. The summed E-state index contributed by atoms with van der Waals surface area (Å²) in [5.74, 6) is -3.69. The molecule has 1 heterocycles. The first-order valence-corrected chi connectivity index (χ1v) is 6.57. The number of para-hydroxylation sites is 1. The molecule has 0 radical (unpaired) electrons. The largest absolute Gasteiger partial charge is 0.364 e. The van der Waals surface area contributed by atoms with E-state index in [-0.39, 0.29) is 6.04 Å². The second-order valence-electron chi connectivity index (χ2n) is 5.05. The van der Waals surface area contributed by atoms with E-state index in [0.29, 0.717) is 5.56 Å². The van der Waals surface area contributed by atoms with Crippen LogP contribution in [0.15, 0.2) is 36.4 Å². The average Bonchev–Trinajstić information content (AvgIpc) is 2.87. The van der Waals surface area contributed by atoms with Crippen molar-refractivity contribution in [3.8, 4) is 0 Å². The zero-order chi connectivity index (χ0) is 14.3. The zero-order valence-electron chi connectivity index (χ0n) is 11.0. The molecular weight excluding hydrogens is 263 g/mol. The van der Waals surface area contributed by atoms with Gasteiger partial charge >= 0.3 is 0 Å². The Balaban J connectivity index is 1.96. The Labute approximate surface area is 115 Å². The highest BCUT2D eigenvalue weighted by atomic mass is 19.2. The molecular formula is C16H14F3N. The van der Waals surface area contributed by atoms with E-state index in [1.54, 1.807) is 0 Å². The Morgan fingerprint density at radius 1 is 1.05 bits per heavy atom. The summed E-state index contributed by atoms with van der Waals surface area (Å²) in [5.41, 5.74) is 2.74. The second kappa shape index (κ2) is 4.85. The number of fused-ring (bicyclic) bond motifs is 1. The summed E-state index contributed by atoms with van der Waals surface area (Å²) < 4.78 is 39.7. The van der Waals surface area contributed by atoms with E-state index in [1.807, 2.05) is 31.2 Å². The molecule has 4 heteroatoms. The van der Waals surface area contributed by atoms with Crippen molar-refractivity contribution in [2.45, 2.75) is 19.4 Å². The third kappa shape index (κ3) is 2.05. The highest BCUT2D eigenvalue weighted by Gasteiger charge is 2.25. The van der Waals surface area contributed by atoms with Crippen LogP contribution in [0.5, 0.6) is 0 Å². The fourth-order valence-electron chi connectivity index (χ4n) is 2.76. The maximum atomic E-state index is 13.3. The lowest BCUT2D eigenvalue weighted by Gasteiger charge is -2.27. The minimum atomic E-state index is -1.41. The minimum absolute atomic E-state index is 0.205. The number of halogens is 3. The molecule has 0 N–H and O–H groups in total. The normalized spacial score (nSPS) is 15.3. The van der Waals surface area contributed by atoms with Gasteiger partial charge in [-0.2, -0.15) is 0 Å². The maximum Gasteiger partial charge on any atom is 0.194 e. The number of nitrogens with zero attached hydrogens (tertiary/aromatic N) is 1. The quantitative estimate of drug-likeness (QED) is 0.743. The van der Waals surface area contributed by atoms with Gasteiger partial charge in [-0.25, -0.2) is 13.2 Å². The number of hydrogen-bond donors (Lipinski definition) is 0. The molecule has 3 rings (SSSR count). The first kappa shape index (κ1) is 13.0. The first-order valence-electron chi connectivity index (χ1n) is 6.57. The van der Waals surface area contributed by atoms with Crippen molar-refractivity contribution < 1.29 is 13.2 Å². The summed E-state index contributed by atoms with van der Waals surface area (Å²) in [6.45, 7) is 2.66. The van der Waals surface area contributed by atoms with Gasteiger partial charge in [-0.05, 0) is 42.7 Å². The highest BCUT2D eigenvalue weighted by molar-refractivity contribution is 5.59. The van der Waals surface area contributed by atoms with Gasteiger partial charge in [-0.15, -0.1) is 0 Å². The summed E-state index contributed by atoms with van der Waals surface area (Å²) in [6, 6.07) is 9.90. The smallest absolute Gasteiger partial charge is 0.194 e.